The van der Waals surface area contributed by atoms with Crippen LogP contribution in [0.4, 0.5) is 11.4 Å². The van der Waals surface area contributed by atoms with Crippen LogP contribution in [0.15, 0.2) is 36.4 Å². The Balaban J connectivity index is 1.79. The van der Waals surface area contributed by atoms with Crippen LogP contribution >= 0.6 is 0 Å². The van der Waals surface area contributed by atoms with Crippen LogP contribution in [-0.2, 0) is 0 Å². The van der Waals surface area contributed by atoms with Gasteiger partial charge >= 0.3 is 0 Å². The zero-order valence-corrected chi connectivity index (χ0v) is 19.1. The first kappa shape index (κ1) is 22.8. The number of hydrogen-bond acceptors (Lipinski definition) is 5. The maximum Gasteiger partial charge on any atom is 0.255 e. The fourth-order valence-corrected chi connectivity index (χ4v) is 3.94. The third-order valence-corrected chi connectivity index (χ3v) is 5.43. The van der Waals surface area contributed by atoms with E-state index in [1.54, 1.807) is 12.1 Å². The van der Waals surface area contributed by atoms with E-state index in [0.29, 0.717) is 48.7 Å². The maximum atomic E-state index is 13.0. The molecule has 0 spiro atoms. The molecule has 1 unspecified atom stereocenters. The van der Waals surface area contributed by atoms with Gasteiger partial charge < -0.3 is 24.4 Å². The van der Waals surface area contributed by atoms with Crippen molar-refractivity contribution in [3.8, 4) is 17.2 Å². The number of piperidine rings is 1. The van der Waals surface area contributed by atoms with E-state index in [2.05, 4.69) is 29.3 Å². The van der Waals surface area contributed by atoms with Crippen LogP contribution in [-0.4, -0.2) is 38.3 Å². The van der Waals surface area contributed by atoms with Gasteiger partial charge in [0.25, 0.3) is 5.91 Å². The summed E-state index contributed by atoms with van der Waals surface area (Å²) >= 11 is 0. The van der Waals surface area contributed by atoms with Crippen LogP contribution in [0.1, 0.15) is 57.3 Å². The molecule has 6 nitrogen and oxygen atoms in total. The Morgan fingerprint density at radius 3 is 2.13 bits per heavy atom. The summed E-state index contributed by atoms with van der Waals surface area (Å²) in [5.74, 6) is 1.33. The monoisotopic (exact) mass is 426 g/mol. The number of carbonyl (C=O) groups excluding carboxylic acids is 1. The molecular formula is C25H34N2O4. The second-order valence-corrected chi connectivity index (χ2v) is 7.64. The first-order chi connectivity index (χ1) is 15.1. The molecule has 1 amide bonds. The highest BCUT2D eigenvalue weighted by Gasteiger charge is 2.20. The van der Waals surface area contributed by atoms with Gasteiger partial charge in [-0.15, -0.1) is 0 Å². The highest BCUT2D eigenvalue weighted by molar-refractivity contribution is 6.05. The van der Waals surface area contributed by atoms with Crippen LogP contribution in [0.25, 0.3) is 0 Å². The molecule has 0 aromatic heterocycles. The molecule has 0 bridgehead atoms. The maximum absolute atomic E-state index is 13.0. The number of amides is 1. The van der Waals surface area contributed by atoms with Crippen LogP contribution in [0.3, 0.4) is 0 Å². The van der Waals surface area contributed by atoms with E-state index >= 15 is 0 Å². The quantitative estimate of drug-likeness (QED) is 0.573. The second-order valence-electron chi connectivity index (χ2n) is 7.64. The lowest BCUT2D eigenvalue weighted by molar-refractivity contribution is 0.102. The molecule has 31 heavy (non-hydrogen) atoms. The molecule has 1 aliphatic rings. The fraction of sp³-hybridized carbons (Fsp3) is 0.480. The number of carbonyl (C=O) groups is 1. The van der Waals surface area contributed by atoms with Crippen molar-refractivity contribution in [2.45, 2.75) is 53.0 Å². The van der Waals surface area contributed by atoms with Gasteiger partial charge in [0.1, 0.15) is 0 Å². The number of ether oxygens (including phenoxy) is 3. The Morgan fingerprint density at radius 2 is 1.58 bits per heavy atom. The third-order valence-electron chi connectivity index (χ3n) is 5.43. The summed E-state index contributed by atoms with van der Waals surface area (Å²) in [6.07, 6.45) is 3.74. The molecule has 1 atom stereocenters. The molecule has 2 aromatic rings. The lowest BCUT2D eigenvalue weighted by Crippen LogP contribution is -2.37. The summed E-state index contributed by atoms with van der Waals surface area (Å²) in [5, 5.41) is 2.98. The lowest BCUT2D eigenvalue weighted by Gasteiger charge is -2.35. The molecular weight excluding hydrogens is 392 g/mol. The van der Waals surface area contributed by atoms with Crippen LogP contribution in [0.2, 0.25) is 0 Å². The minimum absolute atomic E-state index is 0.218. The zero-order valence-electron chi connectivity index (χ0n) is 19.1. The standard InChI is InChI=1S/C25H34N2O4/c1-5-29-22-16-19(17-23(30-6-2)24(22)31-7-3)25(28)26-20-11-13-21(14-12-20)27-15-9-8-10-18(27)4/h11-14,16-18H,5-10,15H2,1-4H3,(H,26,28). The normalized spacial score (nSPS) is 16.0. The van der Waals surface area contributed by atoms with E-state index in [9.17, 15) is 4.79 Å². The zero-order chi connectivity index (χ0) is 22.2. The fourth-order valence-electron chi connectivity index (χ4n) is 3.94. The summed E-state index contributed by atoms with van der Waals surface area (Å²) in [5.41, 5.74) is 2.41. The lowest BCUT2D eigenvalue weighted by atomic mass is 10.0. The highest BCUT2D eigenvalue weighted by Crippen LogP contribution is 2.39. The van der Waals surface area contributed by atoms with Crippen molar-refractivity contribution in [2.24, 2.45) is 0 Å². The van der Waals surface area contributed by atoms with Gasteiger partial charge in [-0.05, 0) is 83.4 Å². The molecule has 1 N–H and O–H groups in total. The minimum atomic E-state index is -0.218. The first-order valence-electron chi connectivity index (χ1n) is 11.3. The summed E-state index contributed by atoms with van der Waals surface area (Å²) in [7, 11) is 0. The van der Waals surface area contributed by atoms with Crippen molar-refractivity contribution >= 4 is 17.3 Å². The molecule has 3 rings (SSSR count). The van der Waals surface area contributed by atoms with E-state index in [-0.39, 0.29) is 5.91 Å². The molecule has 6 heteroatoms. The van der Waals surface area contributed by atoms with Gasteiger partial charge in [0.15, 0.2) is 11.5 Å². The molecule has 1 fully saturated rings. The molecule has 0 saturated carbocycles. The summed E-state index contributed by atoms with van der Waals surface area (Å²) in [6.45, 7) is 10.5. The van der Waals surface area contributed by atoms with Crippen LogP contribution in [0, 0.1) is 0 Å². The number of benzene rings is 2. The van der Waals surface area contributed by atoms with Gasteiger partial charge in [0.05, 0.1) is 19.8 Å². The smallest absolute Gasteiger partial charge is 0.255 e. The van der Waals surface area contributed by atoms with Crippen LogP contribution in [0.5, 0.6) is 17.2 Å². The number of rotatable bonds is 9. The van der Waals surface area contributed by atoms with Gasteiger partial charge in [-0.1, -0.05) is 0 Å². The number of hydrogen-bond donors (Lipinski definition) is 1. The van der Waals surface area contributed by atoms with E-state index in [1.807, 2.05) is 32.9 Å². The highest BCUT2D eigenvalue weighted by atomic mass is 16.5. The predicted molar refractivity (Wildman–Crippen MR) is 125 cm³/mol. The largest absolute Gasteiger partial charge is 0.490 e. The van der Waals surface area contributed by atoms with E-state index in [4.69, 9.17) is 14.2 Å². The number of anilines is 2. The molecule has 1 aliphatic heterocycles. The minimum Gasteiger partial charge on any atom is -0.490 e. The van der Waals surface area contributed by atoms with Crippen molar-refractivity contribution in [2.75, 3.05) is 36.6 Å². The van der Waals surface area contributed by atoms with Gasteiger partial charge in [0, 0.05) is 29.5 Å². The van der Waals surface area contributed by atoms with Crippen molar-refractivity contribution in [1.82, 2.24) is 0 Å². The van der Waals surface area contributed by atoms with Gasteiger partial charge in [0.2, 0.25) is 5.75 Å². The van der Waals surface area contributed by atoms with E-state index < -0.39 is 0 Å². The Labute approximate surface area is 185 Å². The second kappa shape index (κ2) is 10.9. The van der Waals surface area contributed by atoms with Gasteiger partial charge in [-0.25, -0.2) is 0 Å². The Morgan fingerprint density at radius 1 is 0.968 bits per heavy atom. The Bertz CT molecular complexity index is 839. The third kappa shape index (κ3) is 5.63. The molecule has 1 saturated heterocycles. The predicted octanol–water partition coefficient (Wildman–Crippen LogP) is 5.51. The molecule has 1 heterocycles. The van der Waals surface area contributed by atoms with Crippen molar-refractivity contribution in [1.29, 1.82) is 0 Å². The van der Waals surface area contributed by atoms with Crippen molar-refractivity contribution < 1.29 is 19.0 Å². The van der Waals surface area contributed by atoms with Gasteiger partial charge in [-0.2, -0.15) is 0 Å². The van der Waals surface area contributed by atoms with Gasteiger partial charge in [-0.3, -0.25) is 4.79 Å². The van der Waals surface area contributed by atoms with Crippen LogP contribution < -0.4 is 24.4 Å². The van der Waals surface area contributed by atoms with E-state index in [0.717, 1.165) is 12.2 Å². The summed E-state index contributed by atoms with van der Waals surface area (Å²) < 4.78 is 17.2. The first-order valence-corrected chi connectivity index (χ1v) is 11.3. The van der Waals surface area contributed by atoms with Crippen molar-refractivity contribution in [3.63, 3.8) is 0 Å². The molecule has 0 radical (unpaired) electrons. The topological polar surface area (TPSA) is 60.0 Å². The average molecular weight is 427 g/mol. The SMILES string of the molecule is CCOc1cc(C(=O)Nc2ccc(N3CCCCC3C)cc2)cc(OCC)c1OCC. The summed E-state index contributed by atoms with van der Waals surface area (Å²) in [4.78, 5) is 15.4. The van der Waals surface area contributed by atoms with Crippen molar-refractivity contribution in [3.05, 3.63) is 42.0 Å². The number of nitrogens with one attached hydrogen (secondary N) is 1. The average Bonchev–Trinajstić information content (AvgIpc) is 2.77. The molecule has 0 aliphatic carbocycles. The van der Waals surface area contributed by atoms with E-state index in [1.165, 1.54) is 24.9 Å². The Kier molecular flexibility index (Phi) is 8.04. The molecule has 2 aromatic carbocycles. The molecule has 168 valence electrons. The number of nitrogens with zero attached hydrogens (tertiary/aromatic N) is 1. The summed E-state index contributed by atoms with van der Waals surface area (Å²) in [6, 6.07) is 12.0. The Hall–Kier alpha value is -2.89.